The van der Waals surface area contributed by atoms with Crippen LogP contribution in [0.3, 0.4) is 0 Å². The van der Waals surface area contributed by atoms with Gasteiger partial charge in [0.1, 0.15) is 3.92 Å². The standard InChI is InChI=1S/C4H8INO2/c1-8-4(7)3(5)2-6/h3H,2,6H2,1H3/t3-/m0/s1. The van der Waals surface area contributed by atoms with Crippen molar-refractivity contribution in [2.75, 3.05) is 13.7 Å². The van der Waals surface area contributed by atoms with Crippen molar-refractivity contribution < 1.29 is 9.53 Å². The van der Waals surface area contributed by atoms with Crippen molar-refractivity contribution in [2.45, 2.75) is 3.92 Å². The molecule has 0 fully saturated rings. The second-order valence-electron chi connectivity index (χ2n) is 1.23. The fourth-order valence-electron chi connectivity index (χ4n) is 0.224. The van der Waals surface area contributed by atoms with E-state index in [1.807, 2.05) is 22.6 Å². The second kappa shape index (κ2) is 4.08. The molecule has 0 rings (SSSR count). The smallest absolute Gasteiger partial charge is 0.319 e. The Hall–Kier alpha value is 0.160. The molecule has 0 unspecified atom stereocenters. The summed E-state index contributed by atoms with van der Waals surface area (Å²) in [5.41, 5.74) is 5.14. The van der Waals surface area contributed by atoms with Gasteiger partial charge in [0.05, 0.1) is 7.11 Å². The number of ether oxygens (including phenoxy) is 1. The lowest BCUT2D eigenvalue weighted by Crippen LogP contribution is -2.24. The highest BCUT2D eigenvalue weighted by atomic mass is 127. The van der Waals surface area contributed by atoms with E-state index in [2.05, 4.69) is 4.74 Å². The van der Waals surface area contributed by atoms with Crippen molar-refractivity contribution >= 4 is 28.6 Å². The molecule has 0 aromatic rings. The maximum Gasteiger partial charge on any atom is 0.319 e. The molecule has 4 heteroatoms. The van der Waals surface area contributed by atoms with Crippen molar-refractivity contribution in [3.8, 4) is 0 Å². The minimum absolute atomic E-state index is 0.197. The molecule has 0 aromatic heterocycles. The molecule has 0 saturated heterocycles. The maximum atomic E-state index is 10.4. The van der Waals surface area contributed by atoms with E-state index >= 15 is 0 Å². The number of hydrogen-bond acceptors (Lipinski definition) is 3. The molecule has 2 N–H and O–H groups in total. The van der Waals surface area contributed by atoms with Crippen molar-refractivity contribution in [1.29, 1.82) is 0 Å². The lowest BCUT2D eigenvalue weighted by Gasteiger charge is -2.01. The highest BCUT2D eigenvalue weighted by Gasteiger charge is 2.10. The van der Waals surface area contributed by atoms with Crippen LogP contribution in [-0.2, 0) is 9.53 Å². The topological polar surface area (TPSA) is 52.3 Å². The van der Waals surface area contributed by atoms with Crippen molar-refractivity contribution in [1.82, 2.24) is 0 Å². The van der Waals surface area contributed by atoms with Gasteiger partial charge in [0.2, 0.25) is 0 Å². The molecule has 8 heavy (non-hydrogen) atoms. The summed E-state index contributed by atoms with van der Waals surface area (Å²) >= 11 is 1.93. The molecule has 0 aliphatic carbocycles. The molecule has 0 bridgehead atoms. The Kier molecular flexibility index (Phi) is 4.16. The van der Waals surface area contributed by atoms with Gasteiger partial charge in [-0.1, -0.05) is 22.6 Å². The van der Waals surface area contributed by atoms with Crippen LogP contribution < -0.4 is 5.73 Å². The molecule has 0 spiro atoms. The van der Waals surface area contributed by atoms with Crippen LogP contribution in [0, 0.1) is 0 Å². The normalized spacial score (nSPS) is 12.9. The average Bonchev–Trinajstić information content (AvgIpc) is 1.84. The van der Waals surface area contributed by atoms with Gasteiger partial charge >= 0.3 is 5.97 Å². The third kappa shape index (κ3) is 2.46. The van der Waals surface area contributed by atoms with E-state index in [9.17, 15) is 4.79 Å². The van der Waals surface area contributed by atoms with E-state index in [0.29, 0.717) is 6.54 Å². The lowest BCUT2D eigenvalue weighted by molar-refractivity contribution is -0.139. The highest BCUT2D eigenvalue weighted by molar-refractivity contribution is 14.1. The summed E-state index contributed by atoms with van der Waals surface area (Å²) in [7, 11) is 1.35. The number of alkyl halides is 1. The predicted octanol–water partition coefficient (Wildman–Crippen LogP) is -0.0783. The van der Waals surface area contributed by atoms with Crippen molar-refractivity contribution in [3.05, 3.63) is 0 Å². The van der Waals surface area contributed by atoms with E-state index < -0.39 is 0 Å². The van der Waals surface area contributed by atoms with Gasteiger partial charge in [-0.3, -0.25) is 4.79 Å². The van der Waals surface area contributed by atoms with Gasteiger partial charge in [0.15, 0.2) is 0 Å². The molecule has 0 saturated carbocycles. The summed E-state index contributed by atoms with van der Waals surface area (Å²) in [6, 6.07) is 0. The highest BCUT2D eigenvalue weighted by Crippen LogP contribution is 1.98. The zero-order valence-corrected chi connectivity index (χ0v) is 6.71. The van der Waals surface area contributed by atoms with Crippen LogP contribution in [0.4, 0.5) is 0 Å². The molecule has 0 heterocycles. The monoisotopic (exact) mass is 229 g/mol. The fraction of sp³-hybridized carbons (Fsp3) is 0.750. The maximum absolute atomic E-state index is 10.4. The first kappa shape index (κ1) is 8.16. The number of methoxy groups -OCH3 is 1. The van der Waals surface area contributed by atoms with Crippen molar-refractivity contribution in [3.63, 3.8) is 0 Å². The Morgan fingerprint density at radius 3 is 2.62 bits per heavy atom. The molecular formula is C4H8INO2. The quantitative estimate of drug-likeness (QED) is 0.409. The van der Waals surface area contributed by atoms with Gasteiger partial charge in [-0.05, 0) is 0 Å². The first-order chi connectivity index (χ1) is 3.72. The zero-order chi connectivity index (χ0) is 6.57. The largest absolute Gasteiger partial charge is 0.468 e. The van der Waals surface area contributed by atoms with Crippen molar-refractivity contribution in [2.24, 2.45) is 5.73 Å². The van der Waals surface area contributed by atoms with E-state index in [-0.39, 0.29) is 9.89 Å². The fourth-order valence-corrected chi connectivity index (χ4v) is 0.478. The number of rotatable bonds is 2. The number of carbonyl (C=O) groups excluding carboxylic acids is 1. The van der Waals surface area contributed by atoms with Crippen LogP contribution in [0.1, 0.15) is 0 Å². The van der Waals surface area contributed by atoms with Crippen LogP contribution in [-0.4, -0.2) is 23.5 Å². The van der Waals surface area contributed by atoms with Crippen LogP contribution in [0.2, 0.25) is 0 Å². The molecule has 3 nitrogen and oxygen atoms in total. The Morgan fingerprint density at radius 2 is 2.50 bits per heavy atom. The summed E-state index contributed by atoms with van der Waals surface area (Å²) < 4.78 is 4.18. The lowest BCUT2D eigenvalue weighted by atomic mass is 10.4. The van der Waals surface area contributed by atoms with Crippen LogP contribution in [0.15, 0.2) is 0 Å². The summed E-state index contributed by atoms with van der Waals surface area (Å²) in [6.45, 7) is 0.341. The van der Waals surface area contributed by atoms with Crippen LogP contribution >= 0.6 is 22.6 Å². The molecule has 0 radical (unpaired) electrons. The summed E-state index contributed by atoms with van der Waals surface area (Å²) in [5.74, 6) is -0.256. The minimum Gasteiger partial charge on any atom is -0.468 e. The van der Waals surface area contributed by atoms with Gasteiger partial charge in [-0.15, -0.1) is 0 Å². The molecular weight excluding hydrogens is 221 g/mol. The third-order valence-corrected chi connectivity index (χ3v) is 1.68. The van der Waals surface area contributed by atoms with Gasteiger partial charge in [0, 0.05) is 6.54 Å². The molecule has 0 amide bonds. The van der Waals surface area contributed by atoms with Gasteiger partial charge < -0.3 is 10.5 Å². The minimum atomic E-state index is -0.256. The Bertz CT molecular complexity index is 86.1. The molecule has 48 valence electrons. The number of halogens is 1. The number of esters is 1. The van der Waals surface area contributed by atoms with E-state index in [4.69, 9.17) is 5.73 Å². The summed E-state index contributed by atoms with van der Waals surface area (Å²) in [6.07, 6.45) is 0. The third-order valence-electron chi connectivity index (χ3n) is 0.664. The van der Waals surface area contributed by atoms with Crippen LogP contribution in [0.25, 0.3) is 0 Å². The van der Waals surface area contributed by atoms with Gasteiger partial charge in [-0.25, -0.2) is 0 Å². The Labute approximate surface area is 61.7 Å². The average molecular weight is 229 g/mol. The van der Waals surface area contributed by atoms with E-state index in [1.165, 1.54) is 7.11 Å². The Morgan fingerprint density at radius 1 is 2.00 bits per heavy atom. The van der Waals surface area contributed by atoms with Crippen LogP contribution in [0.5, 0.6) is 0 Å². The number of hydrogen-bond donors (Lipinski definition) is 1. The second-order valence-corrected chi connectivity index (χ2v) is 2.73. The first-order valence-electron chi connectivity index (χ1n) is 2.14. The molecule has 0 aliphatic heterocycles. The molecule has 0 aliphatic rings. The first-order valence-corrected chi connectivity index (χ1v) is 3.39. The molecule has 1 atom stereocenters. The zero-order valence-electron chi connectivity index (χ0n) is 4.56. The predicted molar refractivity (Wildman–Crippen MR) is 38.9 cm³/mol. The SMILES string of the molecule is COC(=O)[C@@H](I)CN. The van der Waals surface area contributed by atoms with Gasteiger partial charge in [0.25, 0.3) is 0 Å². The molecule has 0 aromatic carbocycles. The number of carbonyl (C=O) groups is 1. The van der Waals surface area contributed by atoms with Gasteiger partial charge in [-0.2, -0.15) is 0 Å². The Balaban J connectivity index is 3.46. The van der Waals surface area contributed by atoms with E-state index in [0.717, 1.165) is 0 Å². The summed E-state index contributed by atoms with van der Waals surface area (Å²) in [4.78, 5) is 10.4. The summed E-state index contributed by atoms with van der Waals surface area (Å²) in [5, 5.41) is 0. The number of nitrogens with two attached hydrogens (primary N) is 1. The van der Waals surface area contributed by atoms with E-state index in [1.54, 1.807) is 0 Å².